The van der Waals surface area contributed by atoms with E-state index in [0.29, 0.717) is 22.3 Å². The van der Waals surface area contributed by atoms with E-state index in [1.54, 1.807) is 12.4 Å². The van der Waals surface area contributed by atoms with Crippen molar-refractivity contribution in [2.24, 2.45) is 17.8 Å². The molecular formula is C22H21FN6O2. The van der Waals surface area contributed by atoms with Crippen LogP contribution in [-0.4, -0.2) is 37.1 Å². The molecule has 3 fully saturated rings. The highest BCUT2D eigenvalue weighted by atomic mass is 19.1. The maximum atomic E-state index is 15.3. The van der Waals surface area contributed by atoms with Crippen LogP contribution in [0.3, 0.4) is 0 Å². The lowest BCUT2D eigenvalue weighted by Gasteiger charge is -2.47. The maximum Gasteiger partial charge on any atom is 0.308 e. The van der Waals surface area contributed by atoms with Gasteiger partial charge >= 0.3 is 5.97 Å². The van der Waals surface area contributed by atoms with Crippen LogP contribution in [0.4, 0.5) is 10.2 Å². The van der Waals surface area contributed by atoms with Crippen LogP contribution in [0, 0.1) is 41.8 Å². The Morgan fingerprint density at radius 1 is 1.32 bits per heavy atom. The predicted octanol–water partition coefficient (Wildman–Crippen LogP) is 3.64. The number of halogens is 1. The molecular weight excluding hydrogens is 399 g/mol. The first kappa shape index (κ1) is 19.4. The van der Waals surface area contributed by atoms with Gasteiger partial charge < -0.3 is 15.4 Å². The molecule has 0 saturated heterocycles. The van der Waals surface area contributed by atoms with Gasteiger partial charge in [-0.2, -0.15) is 5.26 Å². The lowest BCUT2D eigenvalue weighted by molar-refractivity contribution is -0.148. The molecule has 0 aliphatic heterocycles. The number of carbonyl (C=O) groups is 1. The minimum Gasteiger partial charge on any atom is -0.481 e. The number of aromatic nitrogens is 4. The maximum absolute atomic E-state index is 15.3. The monoisotopic (exact) mass is 420 g/mol. The summed E-state index contributed by atoms with van der Waals surface area (Å²) < 4.78 is 15.3. The Morgan fingerprint density at radius 3 is 2.77 bits per heavy atom. The molecule has 0 unspecified atom stereocenters. The molecule has 158 valence electrons. The standard InChI is InChI=1S/C22H21FN6O2/c1-10-13(6-24)19(14-8-26-20-15(14)7-25-9-27-20)29-21(17(10)23)28-18-12-4-2-11(3-5-12)16(18)22(30)31/h7-9,11-12,16,18H,2-5H2,1H3,(H,28,29)(H,30,31)(H,25,26,27)/t11?,12?,16-,18-/m1/s1. The van der Waals surface area contributed by atoms with E-state index in [4.69, 9.17) is 0 Å². The number of rotatable bonds is 4. The van der Waals surface area contributed by atoms with Crippen LogP contribution in [0.15, 0.2) is 18.7 Å². The van der Waals surface area contributed by atoms with Crippen molar-refractivity contribution in [3.8, 4) is 17.3 Å². The number of aromatic amines is 1. The summed E-state index contributed by atoms with van der Waals surface area (Å²) in [6.07, 6.45) is 8.33. The predicted molar refractivity (Wildman–Crippen MR) is 111 cm³/mol. The van der Waals surface area contributed by atoms with E-state index in [9.17, 15) is 15.2 Å². The number of nitriles is 1. The summed E-state index contributed by atoms with van der Waals surface area (Å²) in [6, 6.07) is 1.67. The number of carboxylic acid groups (broad SMARTS) is 1. The first-order valence-corrected chi connectivity index (χ1v) is 10.4. The molecule has 6 rings (SSSR count). The first-order valence-electron chi connectivity index (χ1n) is 10.4. The van der Waals surface area contributed by atoms with E-state index in [0.717, 1.165) is 25.7 Å². The average molecular weight is 420 g/mol. The fourth-order valence-corrected chi connectivity index (χ4v) is 5.34. The van der Waals surface area contributed by atoms with Crippen molar-refractivity contribution < 1.29 is 14.3 Å². The molecule has 3 aliphatic carbocycles. The Hall–Kier alpha value is -3.54. The third-order valence-corrected chi connectivity index (χ3v) is 6.90. The molecule has 3 N–H and O–H groups in total. The molecule has 0 amide bonds. The van der Waals surface area contributed by atoms with Crippen LogP contribution in [-0.2, 0) is 4.79 Å². The van der Waals surface area contributed by atoms with Crippen molar-refractivity contribution in [1.82, 2.24) is 19.9 Å². The molecule has 9 heteroatoms. The Labute approximate surface area is 177 Å². The molecule has 3 saturated carbocycles. The third kappa shape index (κ3) is 3.02. The number of hydrogen-bond donors (Lipinski definition) is 3. The molecule has 0 radical (unpaired) electrons. The summed E-state index contributed by atoms with van der Waals surface area (Å²) in [5.74, 6) is -1.81. The molecule has 0 spiro atoms. The number of fused-ring (bicyclic) bond motifs is 4. The van der Waals surface area contributed by atoms with E-state index in [-0.39, 0.29) is 28.8 Å². The van der Waals surface area contributed by atoms with Crippen molar-refractivity contribution in [1.29, 1.82) is 5.26 Å². The minimum atomic E-state index is -0.855. The lowest BCUT2D eigenvalue weighted by atomic mass is 9.61. The van der Waals surface area contributed by atoms with E-state index < -0.39 is 23.7 Å². The highest BCUT2D eigenvalue weighted by Crippen LogP contribution is 2.46. The number of aliphatic carboxylic acids is 1. The van der Waals surface area contributed by atoms with Crippen molar-refractivity contribution in [2.75, 3.05) is 5.32 Å². The van der Waals surface area contributed by atoms with Gasteiger partial charge in [0.25, 0.3) is 0 Å². The van der Waals surface area contributed by atoms with E-state index in [1.165, 1.54) is 13.3 Å². The number of carboxylic acids is 1. The zero-order valence-electron chi connectivity index (χ0n) is 16.9. The Morgan fingerprint density at radius 2 is 2.06 bits per heavy atom. The van der Waals surface area contributed by atoms with Gasteiger partial charge in [0.15, 0.2) is 11.6 Å². The first-order chi connectivity index (χ1) is 15.0. The Bertz CT molecular complexity index is 1220. The van der Waals surface area contributed by atoms with E-state index in [1.807, 2.05) is 0 Å². The van der Waals surface area contributed by atoms with Gasteiger partial charge in [-0.05, 0) is 44.4 Å². The van der Waals surface area contributed by atoms with Crippen molar-refractivity contribution in [3.63, 3.8) is 0 Å². The van der Waals surface area contributed by atoms with E-state index in [2.05, 4.69) is 31.3 Å². The normalized spacial score (nSPS) is 24.8. The number of nitrogens with zero attached hydrogens (tertiary/aromatic N) is 4. The molecule has 3 aromatic rings. The lowest BCUT2D eigenvalue weighted by Crippen LogP contribution is -2.51. The van der Waals surface area contributed by atoms with Gasteiger partial charge in [-0.3, -0.25) is 4.79 Å². The highest BCUT2D eigenvalue weighted by molar-refractivity contribution is 5.93. The topological polar surface area (TPSA) is 128 Å². The van der Waals surface area contributed by atoms with Crippen LogP contribution in [0.2, 0.25) is 0 Å². The van der Waals surface area contributed by atoms with Gasteiger partial charge in [-0.1, -0.05) is 0 Å². The Kier molecular flexibility index (Phi) is 4.58. The number of nitrogens with one attached hydrogen (secondary N) is 2. The van der Waals surface area contributed by atoms with Crippen LogP contribution >= 0.6 is 0 Å². The second-order valence-electron chi connectivity index (χ2n) is 8.43. The summed E-state index contributed by atoms with van der Waals surface area (Å²) in [6.45, 7) is 1.54. The quantitative estimate of drug-likeness (QED) is 0.588. The summed E-state index contributed by atoms with van der Waals surface area (Å²) in [4.78, 5) is 27.7. The van der Waals surface area contributed by atoms with Gasteiger partial charge in [-0.25, -0.2) is 19.3 Å². The molecule has 3 heterocycles. The average Bonchev–Trinajstić information content (AvgIpc) is 3.21. The van der Waals surface area contributed by atoms with Crippen LogP contribution in [0.1, 0.15) is 36.8 Å². The largest absolute Gasteiger partial charge is 0.481 e. The fourth-order valence-electron chi connectivity index (χ4n) is 5.34. The van der Waals surface area contributed by atoms with Crippen molar-refractivity contribution >= 4 is 22.8 Å². The molecule has 8 nitrogen and oxygen atoms in total. The molecule has 2 atom stereocenters. The highest BCUT2D eigenvalue weighted by Gasteiger charge is 2.47. The second-order valence-corrected chi connectivity index (χ2v) is 8.43. The molecule has 0 aromatic carbocycles. The Balaban J connectivity index is 1.62. The van der Waals surface area contributed by atoms with Gasteiger partial charge in [0.2, 0.25) is 0 Å². The van der Waals surface area contributed by atoms with Crippen molar-refractivity contribution in [3.05, 3.63) is 35.7 Å². The smallest absolute Gasteiger partial charge is 0.308 e. The van der Waals surface area contributed by atoms with Crippen LogP contribution in [0.25, 0.3) is 22.3 Å². The third-order valence-electron chi connectivity index (χ3n) is 6.90. The van der Waals surface area contributed by atoms with Gasteiger partial charge in [0.1, 0.15) is 18.0 Å². The van der Waals surface area contributed by atoms with Crippen LogP contribution in [0.5, 0.6) is 0 Å². The van der Waals surface area contributed by atoms with Gasteiger partial charge in [0, 0.05) is 34.9 Å². The summed E-state index contributed by atoms with van der Waals surface area (Å²) >= 11 is 0. The summed E-state index contributed by atoms with van der Waals surface area (Å²) in [7, 11) is 0. The zero-order chi connectivity index (χ0) is 21.7. The van der Waals surface area contributed by atoms with Crippen LogP contribution < -0.4 is 5.32 Å². The summed E-state index contributed by atoms with van der Waals surface area (Å²) in [5, 5.41) is 23.3. The molecule has 31 heavy (non-hydrogen) atoms. The zero-order valence-corrected chi connectivity index (χ0v) is 16.9. The van der Waals surface area contributed by atoms with E-state index >= 15 is 4.39 Å². The minimum absolute atomic E-state index is 0.0125. The number of pyridine rings is 1. The number of H-pyrrole nitrogens is 1. The second kappa shape index (κ2) is 7.30. The van der Waals surface area contributed by atoms with Crippen molar-refractivity contribution in [2.45, 2.75) is 38.6 Å². The fraction of sp³-hybridized carbons (Fsp3) is 0.409. The van der Waals surface area contributed by atoms with Gasteiger partial charge in [-0.15, -0.1) is 0 Å². The molecule has 3 aromatic heterocycles. The molecule has 2 bridgehead atoms. The van der Waals surface area contributed by atoms with Gasteiger partial charge in [0.05, 0.1) is 17.2 Å². The molecule has 3 aliphatic rings. The SMILES string of the molecule is Cc1c(F)c(N[C@@H]2C3CCC(CC3)[C@H]2C(=O)O)nc(-c2c[nH]c3ncncc23)c1C#N. The number of anilines is 1. The number of hydrogen-bond acceptors (Lipinski definition) is 6. The summed E-state index contributed by atoms with van der Waals surface area (Å²) in [5.41, 5.74) is 1.81.